The number of amides is 1. The van der Waals surface area contributed by atoms with Gasteiger partial charge in [-0.15, -0.1) is 0 Å². The molecule has 3 aliphatic heterocycles. The molecular weight excluding hydrogens is 400 g/mol. The fraction of sp³-hybridized carbons (Fsp3) is 0.391. The Hall–Kier alpha value is -3.16. The van der Waals surface area contributed by atoms with Gasteiger partial charge in [-0.1, -0.05) is 13.3 Å². The van der Waals surface area contributed by atoms with Gasteiger partial charge in [0.05, 0.1) is 5.69 Å². The molecule has 0 bridgehead atoms. The predicted octanol–water partition coefficient (Wildman–Crippen LogP) is 3.82. The monoisotopic (exact) mass is 423 g/mol. The second kappa shape index (κ2) is 7.21. The van der Waals surface area contributed by atoms with Crippen LogP contribution in [0.2, 0.25) is 0 Å². The van der Waals surface area contributed by atoms with Crippen molar-refractivity contribution in [2.24, 2.45) is 10.9 Å². The number of alkyl halides is 2. The Morgan fingerprint density at radius 3 is 2.77 bits per heavy atom. The Morgan fingerprint density at radius 2 is 2.06 bits per heavy atom. The molecule has 1 unspecified atom stereocenters. The summed E-state index contributed by atoms with van der Waals surface area (Å²) < 4.78 is 28.5. The van der Waals surface area contributed by atoms with Crippen molar-refractivity contribution in [2.45, 2.75) is 45.6 Å². The molecule has 31 heavy (non-hydrogen) atoms. The molecule has 5 rings (SSSR count). The van der Waals surface area contributed by atoms with Crippen LogP contribution in [-0.4, -0.2) is 32.9 Å². The molecule has 0 saturated heterocycles. The number of anilines is 1. The lowest BCUT2D eigenvalue weighted by atomic mass is 9.98. The van der Waals surface area contributed by atoms with Gasteiger partial charge in [-0.05, 0) is 31.0 Å². The Labute approximate surface area is 178 Å². The average Bonchev–Trinajstić information content (AvgIpc) is 3.13. The molecule has 1 atom stereocenters. The van der Waals surface area contributed by atoms with Crippen LogP contribution in [0.4, 0.5) is 14.6 Å². The number of hydrogen-bond acceptors (Lipinski definition) is 4. The molecule has 0 aromatic carbocycles. The highest BCUT2D eigenvalue weighted by Gasteiger charge is 2.61. The van der Waals surface area contributed by atoms with E-state index in [-0.39, 0.29) is 5.49 Å². The lowest BCUT2D eigenvalue weighted by Gasteiger charge is -2.19. The summed E-state index contributed by atoms with van der Waals surface area (Å²) in [6.07, 6.45) is 5.15. The summed E-state index contributed by atoms with van der Waals surface area (Å²) in [5.41, 5.74) is 6.25. The molecule has 8 heteroatoms. The number of pyridine rings is 3. The van der Waals surface area contributed by atoms with Gasteiger partial charge in [0, 0.05) is 60.4 Å². The quantitative estimate of drug-likeness (QED) is 0.693. The molecule has 0 spiro atoms. The van der Waals surface area contributed by atoms with Gasteiger partial charge in [-0.2, -0.15) is 4.99 Å². The summed E-state index contributed by atoms with van der Waals surface area (Å²) in [6.45, 7) is 5.75. The summed E-state index contributed by atoms with van der Waals surface area (Å²) >= 11 is 0. The van der Waals surface area contributed by atoms with E-state index < -0.39 is 24.2 Å². The number of nitrogens with one attached hydrogen (secondary N) is 1. The number of nitrogens with zero attached hydrogens (tertiary/aromatic N) is 4. The lowest BCUT2D eigenvalue weighted by Crippen LogP contribution is -2.16. The van der Waals surface area contributed by atoms with Crippen LogP contribution >= 0.6 is 0 Å². The van der Waals surface area contributed by atoms with E-state index >= 15 is 0 Å². The number of halogens is 2. The molecule has 4 heterocycles. The number of carbonyl (C=O) groups is 1. The van der Waals surface area contributed by atoms with Crippen molar-refractivity contribution in [1.82, 2.24) is 14.5 Å². The minimum Gasteiger partial charge on any atom is -0.369 e. The highest BCUT2D eigenvalue weighted by molar-refractivity contribution is 5.85. The number of aryl methyl sites for hydroxylation is 2. The zero-order valence-corrected chi connectivity index (χ0v) is 17.5. The van der Waals surface area contributed by atoms with Gasteiger partial charge >= 0.3 is 0 Å². The van der Waals surface area contributed by atoms with Gasteiger partial charge in [-0.3, -0.25) is 9.78 Å². The van der Waals surface area contributed by atoms with Crippen molar-refractivity contribution in [3.05, 3.63) is 47.3 Å². The maximum Gasteiger partial charge on any atom is 0.260 e. The van der Waals surface area contributed by atoms with Crippen LogP contribution in [0, 0.1) is 12.8 Å². The maximum absolute atomic E-state index is 13.2. The van der Waals surface area contributed by atoms with E-state index in [1.807, 2.05) is 6.20 Å². The number of hydrogen-bond donors (Lipinski definition) is 1. The van der Waals surface area contributed by atoms with Crippen molar-refractivity contribution in [2.75, 3.05) is 11.9 Å². The van der Waals surface area contributed by atoms with E-state index in [4.69, 9.17) is 0 Å². The van der Waals surface area contributed by atoms with E-state index in [1.165, 1.54) is 0 Å². The van der Waals surface area contributed by atoms with Crippen LogP contribution in [0.1, 0.15) is 31.0 Å². The molecule has 0 radical (unpaired) electrons. The van der Waals surface area contributed by atoms with Gasteiger partial charge < -0.3 is 9.88 Å². The minimum atomic E-state index is -2.93. The van der Waals surface area contributed by atoms with E-state index in [0.717, 1.165) is 65.4 Å². The van der Waals surface area contributed by atoms with Gasteiger partial charge in [0.25, 0.3) is 11.8 Å². The Kier molecular flexibility index (Phi) is 4.60. The van der Waals surface area contributed by atoms with E-state index in [9.17, 15) is 13.6 Å². The van der Waals surface area contributed by atoms with Gasteiger partial charge in [-0.25, -0.2) is 13.8 Å². The second-order valence-corrected chi connectivity index (χ2v) is 8.29. The molecule has 6 nitrogen and oxygen atoms in total. The number of aromatic nitrogens is 3. The molecule has 4 aliphatic rings. The third kappa shape index (κ3) is 3.49. The first-order valence-corrected chi connectivity index (χ1v) is 10.6. The first-order chi connectivity index (χ1) is 14.9. The molecule has 1 aliphatic carbocycles. The molecule has 1 aromatic heterocycles. The molecule has 1 aromatic rings. The summed E-state index contributed by atoms with van der Waals surface area (Å²) in [7, 11) is 0. The van der Waals surface area contributed by atoms with E-state index in [1.54, 1.807) is 12.3 Å². The number of rotatable bonds is 4. The highest BCUT2D eigenvalue weighted by atomic mass is 19.3. The average molecular weight is 423 g/mol. The maximum atomic E-state index is 13.2. The standard InChI is InChI=1S/C23H23F2N5O/c1-3-4-15-7-13(2)17(12-27-15)16-8-14-11-28-20(29-22(31)18-10-23(18,24)25)9-19(14)30-6-5-26-21(16)30/h7-9,11-12,18,26H,3-6,10H2,1-2H3. The lowest BCUT2D eigenvalue weighted by molar-refractivity contribution is -0.121. The topological polar surface area (TPSA) is 72.2 Å². The van der Waals surface area contributed by atoms with Crippen LogP contribution < -0.4 is 10.8 Å². The van der Waals surface area contributed by atoms with Gasteiger partial charge in [0.1, 0.15) is 11.7 Å². The van der Waals surface area contributed by atoms with Crippen LogP contribution in [0.5, 0.6) is 0 Å². The summed E-state index contributed by atoms with van der Waals surface area (Å²) in [5, 5.41) is 3.44. The zero-order valence-electron chi connectivity index (χ0n) is 17.5. The SMILES string of the molecule is CCCc1cc(C)c(-c2cc3cnc(=NC(=O)C4CC4(F)F)cc-3n3c2NCC3)cn1. The van der Waals surface area contributed by atoms with E-state index in [2.05, 4.69) is 50.8 Å². The van der Waals surface area contributed by atoms with Crippen LogP contribution in [0.3, 0.4) is 0 Å². The molecule has 1 N–H and O–H groups in total. The van der Waals surface area contributed by atoms with Crippen LogP contribution in [-0.2, 0) is 17.8 Å². The second-order valence-electron chi connectivity index (χ2n) is 8.29. The Bertz CT molecular complexity index is 1230. The number of carbonyl (C=O) groups excluding carboxylic acids is 1. The van der Waals surface area contributed by atoms with Crippen molar-refractivity contribution >= 4 is 11.7 Å². The first kappa shape index (κ1) is 19.8. The molecule has 1 amide bonds. The van der Waals surface area contributed by atoms with Crippen molar-refractivity contribution in [3.8, 4) is 22.4 Å². The third-order valence-corrected chi connectivity index (χ3v) is 5.95. The zero-order chi connectivity index (χ0) is 21.8. The number of fused-ring (bicyclic) bond motifs is 3. The summed E-state index contributed by atoms with van der Waals surface area (Å²) in [5.74, 6) is -4.07. The smallest absolute Gasteiger partial charge is 0.260 e. The fourth-order valence-corrected chi connectivity index (χ4v) is 4.22. The molecular formula is C23H23F2N5O. The fourth-order valence-electron chi connectivity index (χ4n) is 4.22. The van der Waals surface area contributed by atoms with E-state index in [0.29, 0.717) is 0 Å². The van der Waals surface area contributed by atoms with Gasteiger partial charge in [0.15, 0.2) is 5.49 Å². The Morgan fingerprint density at radius 1 is 1.26 bits per heavy atom. The molecule has 1 saturated carbocycles. The van der Waals surface area contributed by atoms with Crippen LogP contribution in [0.15, 0.2) is 35.6 Å². The van der Waals surface area contributed by atoms with Crippen molar-refractivity contribution in [3.63, 3.8) is 0 Å². The predicted molar refractivity (Wildman–Crippen MR) is 113 cm³/mol. The first-order valence-electron chi connectivity index (χ1n) is 10.6. The third-order valence-electron chi connectivity index (χ3n) is 5.95. The van der Waals surface area contributed by atoms with Crippen LogP contribution in [0.25, 0.3) is 22.4 Å². The largest absolute Gasteiger partial charge is 0.369 e. The minimum absolute atomic E-state index is 0.163. The summed E-state index contributed by atoms with van der Waals surface area (Å²) in [6, 6.07) is 5.88. The molecule has 160 valence electrons. The van der Waals surface area contributed by atoms with Crippen molar-refractivity contribution < 1.29 is 13.6 Å². The molecule has 1 fully saturated rings. The highest BCUT2D eigenvalue weighted by Crippen LogP contribution is 2.49. The van der Waals surface area contributed by atoms with Crippen molar-refractivity contribution in [1.29, 1.82) is 0 Å². The van der Waals surface area contributed by atoms with Gasteiger partial charge in [0.2, 0.25) is 0 Å². The summed E-state index contributed by atoms with van der Waals surface area (Å²) in [4.78, 5) is 24.7. The Balaban J connectivity index is 1.59. The normalized spacial score (nSPS) is 19.4.